The number of likely N-dealkylation sites (tertiary alicyclic amines) is 1. The maximum absolute atomic E-state index is 13.7. The van der Waals surface area contributed by atoms with Crippen LogP contribution in [-0.4, -0.2) is 62.1 Å². The Hall–Kier alpha value is -1.95. The SMILES string of the molecule is CN(C(=O)O)[C@H](CN1CCC(O[Si](C)(C)C(C)(C)C)C1)c1ccc(F)c(C#N)c1. The summed E-state index contributed by atoms with van der Waals surface area (Å²) in [6.07, 6.45) is -0.0243. The molecule has 1 N–H and O–H groups in total. The van der Waals surface area contributed by atoms with Crippen molar-refractivity contribution in [3.8, 4) is 6.07 Å². The Balaban J connectivity index is 2.15. The van der Waals surface area contributed by atoms with Gasteiger partial charge in [0.05, 0.1) is 17.7 Å². The van der Waals surface area contributed by atoms with E-state index in [1.54, 1.807) is 6.07 Å². The lowest BCUT2D eigenvalue weighted by Crippen LogP contribution is -2.45. The van der Waals surface area contributed by atoms with Crippen LogP contribution in [0.25, 0.3) is 0 Å². The summed E-state index contributed by atoms with van der Waals surface area (Å²) >= 11 is 0. The normalized spacial score (nSPS) is 19.0. The van der Waals surface area contributed by atoms with Gasteiger partial charge in [0.2, 0.25) is 0 Å². The number of halogens is 1. The van der Waals surface area contributed by atoms with Gasteiger partial charge in [-0.3, -0.25) is 4.90 Å². The van der Waals surface area contributed by atoms with Gasteiger partial charge < -0.3 is 14.4 Å². The number of hydrogen-bond donors (Lipinski definition) is 1. The number of nitrogens with zero attached hydrogens (tertiary/aromatic N) is 3. The second kappa shape index (κ2) is 8.82. The lowest BCUT2D eigenvalue weighted by atomic mass is 10.0. The molecule has 0 saturated carbocycles. The Labute approximate surface area is 174 Å². The Morgan fingerprint density at radius 3 is 2.69 bits per heavy atom. The molecular formula is C21H32FN3O3Si. The Kier molecular flexibility index (Phi) is 7.09. The third-order valence-corrected chi connectivity index (χ3v) is 10.7. The minimum Gasteiger partial charge on any atom is -0.465 e. The van der Waals surface area contributed by atoms with E-state index in [9.17, 15) is 14.3 Å². The number of carboxylic acid groups (broad SMARTS) is 1. The summed E-state index contributed by atoms with van der Waals surface area (Å²) in [6.45, 7) is 13.1. The highest BCUT2D eigenvalue weighted by atomic mass is 28.4. The van der Waals surface area contributed by atoms with Crippen LogP contribution in [0.5, 0.6) is 0 Å². The first-order valence-electron chi connectivity index (χ1n) is 9.91. The topological polar surface area (TPSA) is 76.8 Å². The number of benzene rings is 1. The summed E-state index contributed by atoms with van der Waals surface area (Å²) < 4.78 is 20.2. The Morgan fingerprint density at radius 1 is 1.48 bits per heavy atom. The molecule has 160 valence electrons. The summed E-state index contributed by atoms with van der Waals surface area (Å²) in [5.74, 6) is -0.600. The van der Waals surface area contributed by atoms with Crippen molar-refractivity contribution in [2.24, 2.45) is 0 Å². The van der Waals surface area contributed by atoms with E-state index in [1.165, 1.54) is 24.1 Å². The fourth-order valence-corrected chi connectivity index (χ4v) is 4.70. The van der Waals surface area contributed by atoms with Gasteiger partial charge >= 0.3 is 6.09 Å². The predicted octanol–water partition coefficient (Wildman–Crippen LogP) is 4.44. The fraction of sp³-hybridized carbons (Fsp3) is 0.619. The molecule has 1 aliphatic heterocycles. The van der Waals surface area contributed by atoms with Crippen molar-refractivity contribution in [1.29, 1.82) is 5.26 Å². The van der Waals surface area contributed by atoms with E-state index in [-0.39, 0.29) is 16.7 Å². The van der Waals surface area contributed by atoms with Gasteiger partial charge in [-0.2, -0.15) is 5.26 Å². The molecule has 1 aromatic rings. The monoisotopic (exact) mass is 421 g/mol. The average Bonchev–Trinajstić information content (AvgIpc) is 3.05. The van der Waals surface area contributed by atoms with Gasteiger partial charge in [-0.25, -0.2) is 9.18 Å². The van der Waals surface area contributed by atoms with Crippen molar-refractivity contribution in [3.63, 3.8) is 0 Å². The fourth-order valence-electron chi connectivity index (χ4n) is 3.32. The molecule has 8 heteroatoms. The highest BCUT2D eigenvalue weighted by Gasteiger charge is 2.41. The van der Waals surface area contributed by atoms with Crippen molar-refractivity contribution in [3.05, 3.63) is 35.1 Å². The first kappa shape index (κ1) is 23.3. The second-order valence-electron chi connectivity index (χ2n) is 9.31. The van der Waals surface area contributed by atoms with Crippen LogP contribution in [-0.2, 0) is 4.43 Å². The molecule has 1 fully saturated rings. The molecule has 2 rings (SSSR count). The van der Waals surface area contributed by atoms with Crippen molar-refractivity contribution in [2.45, 2.75) is 57.5 Å². The molecule has 1 aliphatic rings. The lowest BCUT2D eigenvalue weighted by Gasteiger charge is -2.38. The van der Waals surface area contributed by atoms with Crippen LogP contribution in [0.2, 0.25) is 18.1 Å². The molecule has 0 radical (unpaired) electrons. The number of amides is 1. The van der Waals surface area contributed by atoms with Crippen LogP contribution in [0.3, 0.4) is 0 Å². The van der Waals surface area contributed by atoms with Gasteiger partial charge in [0, 0.05) is 26.7 Å². The average molecular weight is 422 g/mol. The summed E-state index contributed by atoms with van der Waals surface area (Å²) in [7, 11) is -0.369. The van der Waals surface area contributed by atoms with Crippen LogP contribution in [0, 0.1) is 17.1 Å². The molecule has 29 heavy (non-hydrogen) atoms. The maximum atomic E-state index is 13.7. The van der Waals surface area contributed by atoms with Crippen molar-refractivity contribution in [1.82, 2.24) is 9.80 Å². The van der Waals surface area contributed by atoms with Crippen LogP contribution in [0.15, 0.2) is 18.2 Å². The minimum atomic E-state index is -1.87. The molecule has 1 amide bonds. The highest BCUT2D eigenvalue weighted by Crippen LogP contribution is 2.38. The highest BCUT2D eigenvalue weighted by molar-refractivity contribution is 6.74. The largest absolute Gasteiger partial charge is 0.465 e. The van der Waals surface area contributed by atoms with E-state index in [2.05, 4.69) is 38.8 Å². The molecule has 0 spiro atoms. The van der Waals surface area contributed by atoms with Gasteiger partial charge in [0.25, 0.3) is 0 Å². The number of likely N-dealkylation sites (N-methyl/N-ethyl adjacent to an activating group) is 1. The van der Waals surface area contributed by atoms with Crippen LogP contribution in [0.1, 0.15) is 44.4 Å². The number of nitriles is 1. The lowest BCUT2D eigenvalue weighted by molar-refractivity contribution is 0.121. The minimum absolute atomic E-state index is 0.0770. The molecule has 0 aliphatic carbocycles. The van der Waals surface area contributed by atoms with Crippen LogP contribution >= 0.6 is 0 Å². The summed E-state index contributed by atoms with van der Waals surface area (Å²) in [4.78, 5) is 15.0. The third kappa shape index (κ3) is 5.56. The summed E-state index contributed by atoms with van der Waals surface area (Å²) in [6, 6.07) is 5.56. The first-order chi connectivity index (χ1) is 13.4. The molecule has 1 heterocycles. The van der Waals surface area contributed by atoms with Crippen molar-refractivity contribution >= 4 is 14.4 Å². The molecular weight excluding hydrogens is 389 g/mol. The van der Waals surface area contributed by atoms with E-state index in [1.807, 2.05) is 6.07 Å². The quantitative estimate of drug-likeness (QED) is 0.687. The maximum Gasteiger partial charge on any atom is 0.407 e. The zero-order chi connectivity index (χ0) is 22.0. The van der Waals surface area contributed by atoms with E-state index in [0.717, 1.165) is 19.5 Å². The molecule has 2 atom stereocenters. The first-order valence-corrected chi connectivity index (χ1v) is 12.8. The van der Waals surface area contributed by atoms with E-state index >= 15 is 0 Å². The van der Waals surface area contributed by atoms with E-state index in [0.29, 0.717) is 12.1 Å². The smallest absolute Gasteiger partial charge is 0.407 e. The van der Waals surface area contributed by atoms with E-state index < -0.39 is 26.3 Å². The van der Waals surface area contributed by atoms with Gasteiger partial charge in [0.15, 0.2) is 8.32 Å². The van der Waals surface area contributed by atoms with Crippen LogP contribution < -0.4 is 0 Å². The molecule has 6 nitrogen and oxygen atoms in total. The summed E-state index contributed by atoms with van der Waals surface area (Å²) in [5, 5.41) is 18.8. The number of rotatable bonds is 6. The third-order valence-electron chi connectivity index (χ3n) is 6.19. The number of hydrogen-bond acceptors (Lipinski definition) is 4. The van der Waals surface area contributed by atoms with Gasteiger partial charge in [-0.1, -0.05) is 26.8 Å². The molecule has 1 unspecified atom stereocenters. The molecule has 1 aromatic carbocycles. The molecule has 0 aromatic heterocycles. The molecule has 0 bridgehead atoms. The predicted molar refractivity (Wildman–Crippen MR) is 113 cm³/mol. The zero-order valence-electron chi connectivity index (χ0n) is 18.2. The standard InChI is InChI=1S/C21H32FN3O3Si/c1-21(2,3)29(5,6)28-17-9-10-25(13-17)14-19(24(4)20(26)27)15-7-8-18(22)16(11-15)12-23/h7-8,11,17,19H,9-10,13-14H2,1-6H3,(H,26,27)/t17?,19-/m1/s1. The molecule has 1 saturated heterocycles. The number of carbonyl (C=O) groups is 1. The van der Waals surface area contributed by atoms with Crippen molar-refractivity contribution < 1.29 is 18.7 Å². The van der Waals surface area contributed by atoms with E-state index in [4.69, 9.17) is 9.69 Å². The van der Waals surface area contributed by atoms with Gasteiger partial charge in [0.1, 0.15) is 11.9 Å². The Bertz CT molecular complexity index is 788. The van der Waals surface area contributed by atoms with Crippen LogP contribution in [0.4, 0.5) is 9.18 Å². The van der Waals surface area contributed by atoms with Crippen molar-refractivity contribution in [2.75, 3.05) is 26.7 Å². The van der Waals surface area contributed by atoms with Gasteiger partial charge in [-0.05, 0) is 42.2 Å². The van der Waals surface area contributed by atoms with Gasteiger partial charge in [-0.15, -0.1) is 0 Å². The Morgan fingerprint density at radius 2 is 2.14 bits per heavy atom. The second-order valence-corrected chi connectivity index (χ2v) is 14.1. The summed E-state index contributed by atoms with van der Waals surface area (Å²) in [5.41, 5.74) is 0.536. The zero-order valence-corrected chi connectivity index (χ0v) is 19.2.